The van der Waals surface area contributed by atoms with E-state index in [0.29, 0.717) is 0 Å². The van der Waals surface area contributed by atoms with Gasteiger partial charge in [0.1, 0.15) is 5.82 Å². The molecule has 6 heteroatoms. The molecule has 60 valence electrons. The second kappa shape index (κ2) is 3.52. The molecule has 0 radical (unpaired) electrons. The van der Waals surface area contributed by atoms with Crippen molar-refractivity contribution >= 4 is 34.8 Å². The van der Waals surface area contributed by atoms with Crippen molar-refractivity contribution in [1.29, 1.82) is 0 Å². The van der Waals surface area contributed by atoms with Crippen LogP contribution in [0.15, 0.2) is 0 Å². The molecule has 0 aliphatic heterocycles. The van der Waals surface area contributed by atoms with Crippen LogP contribution in [0.4, 0.5) is 4.39 Å². The lowest BCUT2D eigenvalue weighted by Gasteiger charge is -1.97. The Kier molecular flexibility index (Phi) is 2.87. The first-order valence-corrected chi connectivity index (χ1v) is 3.87. The van der Waals surface area contributed by atoms with Gasteiger partial charge in [-0.2, -0.15) is 0 Å². The number of alkyl halides is 1. The number of hydrogen-bond donors (Lipinski definition) is 0. The Morgan fingerprint density at radius 2 is 1.64 bits per heavy atom. The van der Waals surface area contributed by atoms with Gasteiger partial charge in [0.15, 0.2) is 16.1 Å². The number of halogens is 4. The van der Waals surface area contributed by atoms with Crippen LogP contribution >= 0.6 is 34.8 Å². The first kappa shape index (κ1) is 8.97. The van der Waals surface area contributed by atoms with Crippen LogP contribution in [0.5, 0.6) is 0 Å². The Morgan fingerprint density at radius 1 is 1.18 bits per heavy atom. The van der Waals surface area contributed by atoms with Crippen LogP contribution in [0.2, 0.25) is 10.3 Å². The summed E-state index contributed by atoms with van der Waals surface area (Å²) < 4.78 is 12.6. The van der Waals surface area contributed by atoms with Crippen molar-refractivity contribution in [3.05, 3.63) is 21.9 Å². The predicted octanol–water partition coefficient (Wildman–Crippen LogP) is 2.66. The molecule has 0 aliphatic carbocycles. The van der Waals surface area contributed by atoms with E-state index in [1.165, 1.54) is 0 Å². The van der Waals surface area contributed by atoms with E-state index in [2.05, 4.69) is 9.97 Å². The molecule has 0 spiro atoms. The highest BCUT2D eigenvalue weighted by atomic mass is 35.5. The summed E-state index contributed by atoms with van der Waals surface area (Å²) in [6, 6.07) is 0. The quantitative estimate of drug-likeness (QED) is 0.532. The maximum absolute atomic E-state index is 12.6. The minimum absolute atomic E-state index is 0.0553. The summed E-state index contributed by atoms with van der Waals surface area (Å²) in [7, 11) is 0. The summed E-state index contributed by atoms with van der Waals surface area (Å²) in [5, 5.41) is -0.610. The van der Waals surface area contributed by atoms with Crippen molar-refractivity contribution < 1.29 is 4.39 Å². The number of nitrogens with zero attached hydrogens (tertiary/aromatic N) is 2. The van der Waals surface area contributed by atoms with Crippen LogP contribution in [-0.2, 0) is 5.88 Å². The van der Waals surface area contributed by atoms with Crippen LogP contribution in [0.3, 0.4) is 0 Å². The minimum Gasteiger partial charge on any atom is -0.217 e. The van der Waals surface area contributed by atoms with Crippen molar-refractivity contribution in [2.75, 3.05) is 0 Å². The molecule has 1 rings (SSSR count). The van der Waals surface area contributed by atoms with Crippen LogP contribution < -0.4 is 0 Å². The summed E-state index contributed by atoms with van der Waals surface area (Å²) in [5.41, 5.74) is 0. The monoisotopic (exact) mass is 214 g/mol. The highest BCUT2D eigenvalue weighted by molar-refractivity contribution is 6.33. The summed E-state index contributed by atoms with van der Waals surface area (Å²) in [4.78, 5) is 7.03. The molecule has 0 fully saturated rings. The maximum atomic E-state index is 12.6. The molecule has 0 atom stereocenters. The third-order valence-corrected chi connectivity index (χ3v) is 1.68. The lowest BCUT2D eigenvalue weighted by Crippen LogP contribution is -1.95. The summed E-state index contributed by atoms with van der Waals surface area (Å²) in [6.07, 6.45) is 0. The molecule has 0 bridgehead atoms. The molecular weight excluding hydrogens is 213 g/mol. The van der Waals surface area contributed by atoms with E-state index >= 15 is 0 Å². The molecule has 0 aromatic carbocycles. The fourth-order valence-corrected chi connectivity index (χ4v) is 1.04. The van der Waals surface area contributed by atoms with Gasteiger partial charge in [-0.3, -0.25) is 0 Å². The Labute approximate surface area is 77.3 Å². The second-order valence-electron chi connectivity index (χ2n) is 1.67. The zero-order chi connectivity index (χ0) is 8.43. The molecule has 1 aromatic heterocycles. The van der Waals surface area contributed by atoms with Crippen molar-refractivity contribution in [2.45, 2.75) is 5.88 Å². The van der Waals surface area contributed by atoms with Gasteiger partial charge in [-0.05, 0) is 0 Å². The Morgan fingerprint density at radius 3 is 2.00 bits per heavy atom. The van der Waals surface area contributed by atoms with Gasteiger partial charge in [-0.25, -0.2) is 14.4 Å². The lowest BCUT2D eigenvalue weighted by molar-refractivity contribution is 0.611. The minimum atomic E-state index is -0.817. The van der Waals surface area contributed by atoms with Gasteiger partial charge in [0, 0.05) is 0 Å². The SMILES string of the molecule is Fc1c(Cl)nc(CCl)nc1Cl. The van der Waals surface area contributed by atoms with Gasteiger partial charge in [0.2, 0.25) is 0 Å². The van der Waals surface area contributed by atoms with Gasteiger partial charge in [-0.15, -0.1) is 11.6 Å². The predicted molar refractivity (Wildman–Crippen MR) is 41.6 cm³/mol. The normalized spacial score (nSPS) is 10.2. The van der Waals surface area contributed by atoms with Gasteiger partial charge < -0.3 is 0 Å². The van der Waals surface area contributed by atoms with Crippen LogP contribution in [0, 0.1) is 5.82 Å². The fraction of sp³-hybridized carbons (Fsp3) is 0.200. The average Bonchev–Trinajstić information content (AvgIpc) is 1.99. The third-order valence-electron chi connectivity index (χ3n) is 0.936. The zero-order valence-corrected chi connectivity index (χ0v) is 7.38. The Balaban J connectivity index is 3.21. The van der Waals surface area contributed by atoms with Crippen LogP contribution in [-0.4, -0.2) is 9.97 Å². The summed E-state index contributed by atoms with van der Waals surface area (Å²) in [5.74, 6) is -0.551. The summed E-state index contributed by atoms with van der Waals surface area (Å²) >= 11 is 16.0. The maximum Gasteiger partial charge on any atom is 0.197 e. The summed E-state index contributed by atoms with van der Waals surface area (Å²) in [6.45, 7) is 0. The van der Waals surface area contributed by atoms with Crippen molar-refractivity contribution in [3.63, 3.8) is 0 Å². The largest absolute Gasteiger partial charge is 0.217 e. The fourth-order valence-electron chi connectivity index (χ4n) is 0.495. The number of hydrogen-bond acceptors (Lipinski definition) is 2. The van der Waals surface area contributed by atoms with Crippen molar-refractivity contribution in [1.82, 2.24) is 9.97 Å². The van der Waals surface area contributed by atoms with E-state index in [1.54, 1.807) is 0 Å². The van der Waals surface area contributed by atoms with Gasteiger partial charge in [-0.1, -0.05) is 23.2 Å². The zero-order valence-electron chi connectivity index (χ0n) is 5.11. The molecule has 0 N–H and O–H groups in total. The lowest BCUT2D eigenvalue weighted by atomic mass is 10.6. The molecule has 2 nitrogen and oxygen atoms in total. The molecule has 1 heterocycles. The van der Waals surface area contributed by atoms with Gasteiger partial charge in [0.25, 0.3) is 0 Å². The van der Waals surface area contributed by atoms with Gasteiger partial charge >= 0.3 is 0 Å². The molecule has 0 saturated carbocycles. The van der Waals surface area contributed by atoms with E-state index in [9.17, 15) is 4.39 Å². The smallest absolute Gasteiger partial charge is 0.197 e. The standard InChI is InChI=1S/C5H2Cl3FN2/c6-1-2-10-4(7)3(9)5(8)11-2/h1H2. The molecule has 11 heavy (non-hydrogen) atoms. The molecule has 1 aromatic rings. The average molecular weight is 215 g/mol. The molecular formula is C5H2Cl3FN2. The number of aromatic nitrogens is 2. The van der Waals surface area contributed by atoms with E-state index in [1.807, 2.05) is 0 Å². The molecule has 0 aliphatic rings. The first-order chi connectivity index (χ1) is 5.15. The first-order valence-electron chi connectivity index (χ1n) is 2.58. The second-order valence-corrected chi connectivity index (χ2v) is 2.65. The Bertz CT molecular complexity index is 255. The van der Waals surface area contributed by atoms with E-state index in [-0.39, 0.29) is 22.0 Å². The van der Waals surface area contributed by atoms with Gasteiger partial charge in [0.05, 0.1) is 5.88 Å². The van der Waals surface area contributed by atoms with E-state index < -0.39 is 5.82 Å². The number of rotatable bonds is 1. The van der Waals surface area contributed by atoms with Crippen molar-refractivity contribution in [3.8, 4) is 0 Å². The molecule has 0 unspecified atom stereocenters. The molecule has 0 amide bonds. The highest BCUT2D eigenvalue weighted by Gasteiger charge is 2.09. The Hall–Kier alpha value is -0.120. The van der Waals surface area contributed by atoms with Crippen LogP contribution in [0.25, 0.3) is 0 Å². The van der Waals surface area contributed by atoms with Crippen molar-refractivity contribution in [2.24, 2.45) is 0 Å². The third kappa shape index (κ3) is 1.92. The van der Waals surface area contributed by atoms with E-state index in [0.717, 1.165) is 0 Å². The van der Waals surface area contributed by atoms with Crippen LogP contribution in [0.1, 0.15) is 5.82 Å². The molecule has 0 saturated heterocycles. The van der Waals surface area contributed by atoms with E-state index in [4.69, 9.17) is 34.8 Å². The highest BCUT2D eigenvalue weighted by Crippen LogP contribution is 2.18. The topological polar surface area (TPSA) is 25.8 Å².